The normalized spacial score (nSPS) is 0.750. The van der Waals surface area contributed by atoms with E-state index in [0.717, 1.165) is 0 Å². The molecule has 0 saturated carbocycles. The monoisotopic (exact) mass is 216 g/mol. The van der Waals surface area contributed by atoms with Crippen molar-refractivity contribution in [2.45, 2.75) is 0 Å². The zero-order valence-corrected chi connectivity index (χ0v) is 3.78. The Morgan fingerprint density at radius 1 is 0.625 bits per heavy atom. The van der Waals surface area contributed by atoms with E-state index < -0.39 is 0 Å². The summed E-state index contributed by atoms with van der Waals surface area (Å²) < 4.78 is 0. The fourth-order valence-electron chi connectivity index (χ4n) is 0. The summed E-state index contributed by atoms with van der Waals surface area (Å²) in [5.74, 6) is 0. The molecule has 0 aromatic rings. The van der Waals surface area contributed by atoms with E-state index in [2.05, 4.69) is 19.7 Å². The van der Waals surface area contributed by atoms with Gasteiger partial charge in [0.2, 0.25) is 0 Å². The third kappa shape index (κ3) is 200. The molecule has 3 N–H and O–H groups in total. The third-order valence-corrected chi connectivity index (χ3v) is 0. The molecule has 4 nitrogen and oxygen atoms in total. The van der Waals surface area contributed by atoms with E-state index in [1.807, 2.05) is 0 Å². The predicted octanol–water partition coefficient (Wildman–Crippen LogP) is -0.603. The van der Waals surface area contributed by atoms with E-state index in [1.54, 1.807) is 0 Å². The topological polar surface area (TPSA) is 106 Å². The fourth-order valence-corrected chi connectivity index (χ4v) is 0. The second kappa shape index (κ2) is 361. The molecule has 0 atom stereocenters. The zero-order chi connectivity index (χ0) is 6.00. The van der Waals surface area contributed by atoms with Crippen molar-refractivity contribution in [2.75, 3.05) is 0 Å². The second-order valence-electron chi connectivity index (χ2n) is 0. The summed E-state index contributed by atoms with van der Waals surface area (Å²) in [6.45, 7) is 10.5. The summed E-state index contributed by atoms with van der Waals surface area (Å²) in [6, 6.07) is 0. The number of nitrogens with zero attached hydrogens (tertiary/aromatic N) is 3. The van der Waals surface area contributed by atoms with Gasteiger partial charge in [-0.3, -0.25) is 0 Å². The number of nitriles is 3. The van der Waals surface area contributed by atoms with Crippen molar-refractivity contribution in [1.82, 2.24) is 6.15 Å². The molecular weight excluding hydrogens is 207 g/mol. The molecule has 0 bridgehead atoms. The number of hydrogen-bond donors (Lipinski definition) is 1. The van der Waals surface area contributed by atoms with E-state index in [0.29, 0.717) is 0 Å². The molecule has 0 aliphatic heterocycles. The number of rotatable bonds is 0. The minimum absolute atomic E-state index is 0. The average Bonchev–Trinajstić information content (AvgIpc) is 1.81. The molecular formula is C3H9InN4. The van der Waals surface area contributed by atoms with E-state index in [4.69, 9.17) is 15.8 Å². The Morgan fingerprint density at radius 3 is 0.625 bits per heavy atom. The Morgan fingerprint density at radius 2 is 0.625 bits per heavy atom. The van der Waals surface area contributed by atoms with Gasteiger partial charge in [0, 0.05) is 19.7 Å². The predicted molar refractivity (Wildman–Crippen MR) is 35.0 cm³/mol. The van der Waals surface area contributed by atoms with Crippen LogP contribution in [0.2, 0.25) is 0 Å². The molecule has 0 spiro atoms. The van der Waals surface area contributed by atoms with Gasteiger partial charge in [-0.05, 0) is 0 Å². The maximum atomic E-state index is 6.50. The van der Waals surface area contributed by atoms with Gasteiger partial charge in [-0.2, -0.15) is 0 Å². The first-order valence-corrected chi connectivity index (χ1v) is 0.775. The van der Waals surface area contributed by atoms with Crippen LogP contribution < -0.4 is 6.15 Å². The standard InChI is InChI=1S/3CHN.In.H3N.3H/c3*1-2;;;;;/h3*1H;;1H3;;;. The van der Waals surface area contributed by atoms with Crippen LogP contribution >= 0.6 is 0 Å². The van der Waals surface area contributed by atoms with Crippen molar-refractivity contribution in [3.63, 3.8) is 0 Å². The quantitative estimate of drug-likeness (QED) is 0.582. The molecule has 0 aromatic heterocycles. The Bertz CT molecular complexity index is 39.8. The summed E-state index contributed by atoms with van der Waals surface area (Å²) in [7, 11) is 0. The molecule has 0 fully saturated rings. The van der Waals surface area contributed by atoms with Gasteiger partial charge in [0.05, 0.1) is 0 Å². The first-order chi connectivity index (χ1) is 3.00. The maximum absolute atomic E-state index is 6.50. The zero-order valence-electron chi connectivity index (χ0n) is 3.78. The Balaban J connectivity index is -0.00000000500. The van der Waals surface area contributed by atoms with E-state index in [9.17, 15) is 0 Å². The molecule has 0 unspecified atom stereocenters. The summed E-state index contributed by atoms with van der Waals surface area (Å²) in [4.78, 5) is 0. The van der Waals surface area contributed by atoms with Crippen LogP contribution in [0, 0.1) is 35.5 Å². The van der Waals surface area contributed by atoms with Crippen molar-refractivity contribution in [3.05, 3.63) is 0 Å². The van der Waals surface area contributed by atoms with Crippen LogP contribution in [0.25, 0.3) is 0 Å². The van der Waals surface area contributed by atoms with Crippen LogP contribution in [0.5, 0.6) is 0 Å². The van der Waals surface area contributed by atoms with E-state index >= 15 is 0 Å². The summed E-state index contributed by atoms with van der Waals surface area (Å²) in [6.07, 6.45) is 0. The first-order valence-electron chi connectivity index (χ1n) is 0.775. The number of hydrogen-bond acceptors (Lipinski definition) is 4. The molecule has 5 heteroatoms. The van der Waals surface area contributed by atoms with Crippen LogP contribution in [0.1, 0.15) is 0 Å². The van der Waals surface area contributed by atoms with Gasteiger partial charge in [0.25, 0.3) is 0 Å². The molecule has 0 amide bonds. The van der Waals surface area contributed by atoms with Crippen LogP contribution in [0.4, 0.5) is 0 Å². The summed E-state index contributed by atoms with van der Waals surface area (Å²) in [5.41, 5.74) is 0. The molecule has 0 aromatic carbocycles. The van der Waals surface area contributed by atoms with Crippen molar-refractivity contribution in [1.29, 1.82) is 15.8 Å². The Hall–Kier alpha value is -0.700. The van der Waals surface area contributed by atoms with Crippen molar-refractivity contribution in [3.8, 4) is 19.7 Å². The molecule has 0 saturated heterocycles. The third-order valence-electron chi connectivity index (χ3n) is 0. The van der Waals surface area contributed by atoms with Crippen LogP contribution in [0.15, 0.2) is 0 Å². The summed E-state index contributed by atoms with van der Waals surface area (Å²) >= 11 is 0. The van der Waals surface area contributed by atoms with Gasteiger partial charge in [-0.15, -0.1) is 0 Å². The van der Waals surface area contributed by atoms with Crippen LogP contribution in [0.3, 0.4) is 0 Å². The molecule has 0 aliphatic carbocycles. The molecule has 0 radical (unpaired) electrons. The van der Waals surface area contributed by atoms with Gasteiger partial charge in [-0.25, -0.2) is 15.8 Å². The van der Waals surface area contributed by atoms with Gasteiger partial charge in [-0.1, -0.05) is 0 Å². The Labute approximate surface area is 67.7 Å². The van der Waals surface area contributed by atoms with E-state index in [-0.39, 0.29) is 32.0 Å². The SMILES string of the molecule is C#N.C#N.C#N.N.[InH3]. The van der Waals surface area contributed by atoms with Crippen molar-refractivity contribution in [2.24, 2.45) is 0 Å². The summed E-state index contributed by atoms with van der Waals surface area (Å²) in [5, 5.41) is 19.5. The van der Waals surface area contributed by atoms with Crippen LogP contribution in [-0.2, 0) is 0 Å². The van der Waals surface area contributed by atoms with Gasteiger partial charge < -0.3 is 6.15 Å². The van der Waals surface area contributed by atoms with Crippen LogP contribution in [-0.4, -0.2) is 25.8 Å². The first kappa shape index (κ1) is 54.8. The van der Waals surface area contributed by atoms with Gasteiger partial charge in [0.15, 0.2) is 0 Å². The average molecular weight is 216 g/mol. The molecule has 44 valence electrons. The minimum atomic E-state index is 0. The molecule has 0 heterocycles. The van der Waals surface area contributed by atoms with Gasteiger partial charge >= 0.3 is 25.8 Å². The van der Waals surface area contributed by atoms with Crippen molar-refractivity contribution < 1.29 is 0 Å². The van der Waals surface area contributed by atoms with Gasteiger partial charge in [0.1, 0.15) is 0 Å². The fraction of sp³-hybridized carbons (Fsp3) is 0. The molecule has 8 heavy (non-hydrogen) atoms. The van der Waals surface area contributed by atoms with Crippen molar-refractivity contribution >= 4 is 25.8 Å². The second-order valence-corrected chi connectivity index (χ2v) is 0. The molecule has 0 rings (SSSR count). The molecule has 0 aliphatic rings. The Kier molecular flexibility index (Phi) is 2470. The van der Waals surface area contributed by atoms with E-state index in [1.165, 1.54) is 0 Å².